The van der Waals surface area contributed by atoms with E-state index in [-0.39, 0.29) is 12.5 Å². The maximum atomic E-state index is 12.1. The molecule has 0 aromatic carbocycles. The fourth-order valence-electron chi connectivity index (χ4n) is 2.08. The summed E-state index contributed by atoms with van der Waals surface area (Å²) in [6.45, 7) is 5.11. The van der Waals surface area contributed by atoms with E-state index >= 15 is 0 Å². The first kappa shape index (κ1) is 13.3. The minimum absolute atomic E-state index is 0.0855. The highest BCUT2D eigenvalue weighted by Crippen LogP contribution is 2.07. The van der Waals surface area contributed by atoms with Crippen molar-refractivity contribution in [2.75, 3.05) is 39.3 Å². The number of nitrogens with zero attached hydrogens (tertiary/aromatic N) is 4. The standard InChI is InChI=1S/C11H18ClN5O/c12-11-14-2-4-17(11)9-10(18)16-7-5-15(3-1-13)6-8-16/h2,4H,1,3,5-9,13H2. The van der Waals surface area contributed by atoms with Gasteiger partial charge in [-0.25, -0.2) is 4.98 Å². The van der Waals surface area contributed by atoms with Crippen molar-refractivity contribution in [2.24, 2.45) is 5.73 Å². The Labute approximate surface area is 111 Å². The van der Waals surface area contributed by atoms with Crippen molar-refractivity contribution >= 4 is 17.5 Å². The maximum Gasteiger partial charge on any atom is 0.242 e. The van der Waals surface area contributed by atoms with Crippen molar-refractivity contribution in [1.82, 2.24) is 19.4 Å². The number of carbonyl (C=O) groups excluding carboxylic acids is 1. The third-order valence-electron chi connectivity index (χ3n) is 3.14. The number of hydrogen-bond donors (Lipinski definition) is 1. The second-order valence-corrected chi connectivity index (χ2v) is 4.67. The SMILES string of the molecule is NCCN1CCN(C(=O)Cn2ccnc2Cl)CC1. The molecule has 0 radical (unpaired) electrons. The zero-order valence-corrected chi connectivity index (χ0v) is 11.0. The number of halogens is 1. The fourth-order valence-corrected chi connectivity index (χ4v) is 2.25. The summed E-state index contributed by atoms with van der Waals surface area (Å²) in [6, 6.07) is 0. The topological polar surface area (TPSA) is 67.4 Å². The Hall–Kier alpha value is -1.11. The molecule has 0 bridgehead atoms. The van der Waals surface area contributed by atoms with Crippen LogP contribution in [-0.4, -0.2) is 64.5 Å². The van der Waals surface area contributed by atoms with E-state index in [0.29, 0.717) is 11.8 Å². The summed E-state index contributed by atoms with van der Waals surface area (Å²) in [5, 5.41) is 0.352. The monoisotopic (exact) mass is 271 g/mol. The molecule has 0 atom stereocenters. The summed E-state index contributed by atoms with van der Waals surface area (Å²) in [5.74, 6) is 0.0855. The minimum Gasteiger partial charge on any atom is -0.339 e. The van der Waals surface area contributed by atoms with Crippen LogP contribution in [0, 0.1) is 0 Å². The van der Waals surface area contributed by atoms with Crippen molar-refractivity contribution in [3.05, 3.63) is 17.7 Å². The summed E-state index contributed by atoms with van der Waals surface area (Å²) in [6.07, 6.45) is 3.31. The number of aromatic nitrogens is 2. The van der Waals surface area contributed by atoms with E-state index in [2.05, 4.69) is 9.88 Å². The molecule has 1 aromatic rings. The fraction of sp³-hybridized carbons (Fsp3) is 0.636. The Bertz CT molecular complexity index is 400. The predicted octanol–water partition coefficient (Wildman–Crippen LogP) is -0.361. The first-order valence-corrected chi connectivity index (χ1v) is 6.45. The van der Waals surface area contributed by atoms with Gasteiger partial charge in [-0.3, -0.25) is 9.69 Å². The largest absolute Gasteiger partial charge is 0.339 e. The van der Waals surface area contributed by atoms with Crippen LogP contribution in [0.1, 0.15) is 0 Å². The molecule has 1 amide bonds. The number of rotatable bonds is 4. The third-order valence-corrected chi connectivity index (χ3v) is 3.46. The van der Waals surface area contributed by atoms with E-state index < -0.39 is 0 Å². The Morgan fingerprint density at radius 1 is 1.39 bits per heavy atom. The number of piperazine rings is 1. The lowest BCUT2D eigenvalue weighted by molar-refractivity contribution is -0.133. The number of hydrogen-bond acceptors (Lipinski definition) is 4. The molecule has 0 unspecified atom stereocenters. The third kappa shape index (κ3) is 3.22. The van der Waals surface area contributed by atoms with E-state index in [9.17, 15) is 4.79 Å². The van der Waals surface area contributed by atoms with Gasteiger partial charge in [0.2, 0.25) is 11.2 Å². The van der Waals surface area contributed by atoms with Gasteiger partial charge in [0.05, 0.1) is 0 Å². The van der Waals surface area contributed by atoms with Gasteiger partial charge >= 0.3 is 0 Å². The second kappa shape index (κ2) is 6.17. The molecule has 0 aliphatic carbocycles. The molecule has 1 aliphatic rings. The normalized spacial score (nSPS) is 17.1. The molecule has 0 spiro atoms. The van der Waals surface area contributed by atoms with Gasteiger partial charge in [-0.1, -0.05) is 0 Å². The molecule has 0 saturated carbocycles. The molecular formula is C11H18ClN5O. The predicted molar refractivity (Wildman–Crippen MR) is 69.3 cm³/mol. The van der Waals surface area contributed by atoms with Gasteiger partial charge in [0.1, 0.15) is 6.54 Å². The van der Waals surface area contributed by atoms with Crippen LogP contribution in [0.5, 0.6) is 0 Å². The lowest BCUT2D eigenvalue weighted by Gasteiger charge is -2.34. The summed E-state index contributed by atoms with van der Waals surface area (Å²) in [7, 11) is 0. The quantitative estimate of drug-likeness (QED) is 0.812. The van der Waals surface area contributed by atoms with Crippen molar-refractivity contribution < 1.29 is 4.79 Å². The van der Waals surface area contributed by atoms with E-state index in [1.54, 1.807) is 17.0 Å². The highest BCUT2D eigenvalue weighted by molar-refractivity contribution is 6.28. The first-order chi connectivity index (χ1) is 8.70. The molecule has 6 nitrogen and oxygen atoms in total. The molecule has 7 heteroatoms. The number of nitrogens with two attached hydrogens (primary N) is 1. The zero-order valence-electron chi connectivity index (χ0n) is 10.3. The smallest absolute Gasteiger partial charge is 0.242 e. The van der Waals surface area contributed by atoms with Crippen LogP contribution in [0.25, 0.3) is 0 Å². The van der Waals surface area contributed by atoms with E-state index in [4.69, 9.17) is 17.3 Å². The van der Waals surface area contributed by atoms with Crippen molar-refractivity contribution in [2.45, 2.75) is 6.54 Å². The zero-order chi connectivity index (χ0) is 13.0. The van der Waals surface area contributed by atoms with Gasteiger partial charge in [-0.15, -0.1) is 0 Å². The molecule has 1 aromatic heterocycles. The summed E-state index contributed by atoms with van der Waals surface area (Å²) in [4.78, 5) is 20.1. The van der Waals surface area contributed by atoms with Gasteiger partial charge in [-0.2, -0.15) is 0 Å². The van der Waals surface area contributed by atoms with Crippen LogP contribution in [0.15, 0.2) is 12.4 Å². The molecule has 100 valence electrons. The van der Waals surface area contributed by atoms with Gasteiger partial charge < -0.3 is 15.2 Å². The lowest BCUT2D eigenvalue weighted by Crippen LogP contribution is -2.50. The van der Waals surface area contributed by atoms with Crippen LogP contribution in [0.3, 0.4) is 0 Å². The van der Waals surface area contributed by atoms with Crippen molar-refractivity contribution in [1.29, 1.82) is 0 Å². The molecule has 1 saturated heterocycles. The Kier molecular flexibility index (Phi) is 4.57. The number of imidazole rings is 1. The lowest BCUT2D eigenvalue weighted by atomic mass is 10.3. The Morgan fingerprint density at radius 2 is 2.11 bits per heavy atom. The molecular weight excluding hydrogens is 254 g/mol. The van der Waals surface area contributed by atoms with Crippen molar-refractivity contribution in [3.8, 4) is 0 Å². The van der Waals surface area contributed by atoms with Crippen LogP contribution in [0.2, 0.25) is 5.28 Å². The summed E-state index contributed by atoms with van der Waals surface area (Å²) in [5.41, 5.74) is 5.51. The molecule has 1 fully saturated rings. The Morgan fingerprint density at radius 3 is 2.67 bits per heavy atom. The second-order valence-electron chi connectivity index (χ2n) is 4.34. The molecule has 2 N–H and O–H groups in total. The highest BCUT2D eigenvalue weighted by atomic mass is 35.5. The van der Waals surface area contributed by atoms with Gasteiger partial charge in [0.25, 0.3) is 0 Å². The van der Waals surface area contributed by atoms with E-state index in [0.717, 1.165) is 32.7 Å². The highest BCUT2D eigenvalue weighted by Gasteiger charge is 2.20. The number of carbonyl (C=O) groups is 1. The molecule has 2 heterocycles. The van der Waals surface area contributed by atoms with Crippen LogP contribution in [-0.2, 0) is 11.3 Å². The van der Waals surface area contributed by atoms with E-state index in [1.807, 2.05) is 4.90 Å². The molecule has 2 rings (SSSR count). The summed E-state index contributed by atoms with van der Waals surface area (Å²) < 4.78 is 1.65. The first-order valence-electron chi connectivity index (χ1n) is 6.07. The minimum atomic E-state index is 0.0855. The van der Waals surface area contributed by atoms with Gasteiger partial charge in [0, 0.05) is 51.7 Å². The van der Waals surface area contributed by atoms with Gasteiger partial charge in [0.15, 0.2) is 0 Å². The van der Waals surface area contributed by atoms with Gasteiger partial charge in [-0.05, 0) is 11.6 Å². The Balaban J connectivity index is 1.83. The summed E-state index contributed by atoms with van der Waals surface area (Å²) >= 11 is 5.85. The average molecular weight is 272 g/mol. The van der Waals surface area contributed by atoms with Crippen molar-refractivity contribution in [3.63, 3.8) is 0 Å². The van der Waals surface area contributed by atoms with Crippen LogP contribution in [0.4, 0.5) is 0 Å². The molecule has 18 heavy (non-hydrogen) atoms. The average Bonchev–Trinajstić information content (AvgIpc) is 2.76. The molecule has 1 aliphatic heterocycles. The van der Waals surface area contributed by atoms with E-state index in [1.165, 1.54) is 0 Å². The number of amides is 1. The van der Waals surface area contributed by atoms with Crippen LogP contribution >= 0.6 is 11.6 Å². The van der Waals surface area contributed by atoms with Crippen LogP contribution < -0.4 is 5.73 Å². The maximum absolute atomic E-state index is 12.1.